The molecule has 1 fully saturated rings. The summed E-state index contributed by atoms with van der Waals surface area (Å²) < 4.78 is 13.1. The van der Waals surface area contributed by atoms with Crippen LogP contribution < -0.4 is 4.74 Å². The number of aromatic nitrogens is 3. The summed E-state index contributed by atoms with van der Waals surface area (Å²) in [5.74, 6) is 0.885. The Balaban J connectivity index is 1.35. The van der Waals surface area contributed by atoms with E-state index in [1.165, 1.54) is 0 Å². The van der Waals surface area contributed by atoms with Crippen molar-refractivity contribution in [3.05, 3.63) is 59.0 Å². The summed E-state index contributed by atoms with van der Waals surface area (Å²) in [5, 5.41) is 4.78. The number of nitrogens with zero attached hydrogens (tertiary/aromatic N) is 4. The van der Waals surface area contributed by atoms with Crippen LogP contribution in [0, 0.1) is 0 Å². The first kappa shape index (κ1) is 21.4. The lowest BCUT2D eigenvalue weighted by atomic mass is 9.93. The molecule has 0 aliphatic carbocycles. The van der Waals surface area contributed by atoms with Crippen LogP contribution in [0.5, 0.6) is 5.88 Å². The van der Waals surface area contributed by atoms with Crippen molar-refractivity contribution in [2.75, 3.05) is 13.1 Å². The molecule has 1 amide bonds. The van der Waals surface area contributed by atoms with Gasteiger partial charge in [-0.05, 0) is 57.4 Å². The maximum atomic E-state index is 12.3. The summed E-state index contributed by atoms with van der Waals surface area (Å²) in [6.07, 6.45) is 4.95. The van der Waals surface area contributed by atoms with E-state index in [2.05, 4.69) is 5.10 Å². The number of carbonyl (C=O) groups is 1. The summed E-state index contributed by atoms with van der Waals surface area (Å²) in [6, 6.07) is 9.77. The normalized spacial score (nSPS) is 15.3. The van der Waals surface area contributed by atoms with Crippen LogP contribution in [0.25, 0.3) is 5.52 Å². The molecule has 3 aromatic heterocycles. The molecule has 4 heterocycles. The zero-order chi connectivity index (χ0) is 22.0. The molecule has 3 aromatic rings. The molecule has 164 valence electrons. The Hall–Kier alpha value is -2.80. The van der Waals surface area contributed by atoms with Crippen LogP contribution >= 0.6 is 11.6 Å². The summed E-state index contributed by atoms with van der Waals surface area (Å²) in [6.45, 7) is 7.38. The predicted octanol–water partition coefficient (Wildman–Crippen LogP) is 5.08. The van der Waals surface area contributed by atoms with Crippen molar-refractivity contribution in [3.8, 4) is 5.88 Å². The molecule has 0 radical (unpaired) electrons. The molecule has 0 unspecified atom stereocenters. The van der Waals surface area contributed by atoms with Gasteiger partial charge in [-0.15, -0.1) is 0 Å². The van der Waals surface area contributed by atoms with Crippen LogP contribution in [0.4, 0.5) is 4.79 Å². The standard InChI is InChI=1S/C23H27ClN4O3/c1-23(2,3)31-22(29)27-10-8-17(9-11-27)19-5-4-6-21(26-19)30-15-16-7-12-28-20(13-16)18(24)14-25-28/h4-7,12-14,17H,8-11,15H2,1-3H3. The Morgan fingerprint density at radius 2 is 2.00 bits per heavy atom. The topological polar surface area (TPSA) is 69.0 Å². The highest BCUT2D eigenvalue weighted by molar-refractivity contribution is 6.33. The molecule has 8 heteroatoms. The number of pyridine rings is 2. The molecule has 0 aromatic carbocycles. The van der Waals surface area contributed by atoms with E-state index >= 15 is 0 Å². The molecule has 1 aliphatic rings. The predicted molar refractivity (Wildman–Crippen MR) is 119 cm³/mol. The van der Waals surface area contributed by atoms with Gasteiger partial charge in [-0.3, -0.25) is 0 Å². The number of amides is 1. The highest BCUT2D eigenvalue weighted by Gasteiger charge is 2.28. The van der Waals surface area contributed by atoms with Crippen LogP contribution in [-0.4, -0.2) is 44.3 Å². The fraction of sp³-hybridized carbons (Fsp3) is 0.435. The first-order chi connectivity index (χ1) is 14.8. The Morgan fingerprint density at radius 3 is 2.74 bits per heavy atom. The highest BCUT2D eigenvalue weighted by atomic mass is 35.5. The van der Waals surface area contributed by atoms with E-state index in [0.717, 1.165) is 29.6 Å². The number of halogens is 1. The highest BCUT2D eigenvalue weighted by Crippen LogP contribution is 2.29. The lowest BCUT2D eigenvalue weighted by molar-refractivity contribution is 0.0204. The first-order valence-corrected chi connectivity index (χ1v) is 10.9. The Kier molecular flexibility index (Phi) is 6.05. The fourth-order valence-electron chi connectivity index (χ4n) is 3.66. The van der Waals surface area contributed by atoms with Crippen molar-refractivity contribution in [2.45, 2.75) is 51.7 Å². The van der Waals surface area contributed by atoms with Gasteiger partial charge >= 0.3 is 6.09 Å². The number of hydrogen-bond donors (Lipinski definition) is 0. The van der Waals surface area contributed by atoms with E-state index in [0.29, 0.717) is 36.5 Å². The Morgan fingerprint density at radius 1 is 1.23 bits per heavy atom. The second kappa shape index (κ2) is 8.75. The summed E-state index contributed by atoms with van der Waals surface area (Å²) in [5.41, 5.74) is 2.36. The lowest BCUT2D eigenvalue weighted by Crippen LogP contribution is -2.41. The average Bonchev–Trinajstić information content (AvgIpc) is 3.12. The molecule has 4 rings (SSSR count). The Bertz CT molecular complexity index is 1070. The molecule has 1 aliphatic heterocycles. The smallest absolute Gasteiger partial charge is 0.410 e. The Labute approximate surface area is 186 Å². The maximum Gasteiger partial charge on any atom is 0.410 e. The zero-order valence-corrected chi connectivity index (χ0v) is 18.8. The third kappa shape index (κ3) is 5.28. The molecule has 0 saturated carbocycles. The molecule has 0 atom stereocenters. The van der Waals surface area contributed by atoms with E-state index in [9.17, 15) is 4.79 Å². The number of ether oxygens (including phenoxy) is 2. The van der Waals surface area contributed by atoms with Gasteiger partial charge in [-0.1, -0.05) is 17.7 Å². The van der Waals surface area contributed by atoms with Crippen LogP contribution in [0.1, 0.15) is 50.8 Å². The van der Waals surface area contributed by atoms with E-state index in [1.54, 1.807) is 15.6 Å². The third-order valence-corrected chi connectivity index (χ3v) is 5.53. The monoisotopic (exact) mass is 442 g/mol. The number of likely N-dealkylation sites (tertiary alicyclic amines) is 1. The zero-order valence-electron chi connectivity index (χ0n) is 18.0. The van der Waals surface area contributed by atoms with Crippen LogP contribution in [0.2, 0.25) is 5.02 Å². The second-order valence-electron chi connectivity index (χ2n) is 8.79. The molecule has 0 spiro atoms. The van der Waals surface area contributed by atoms with Gasteiger partial charge in [0, 0.05) is 37.0 Å². The number of piperidine rings is 1. The molecular weight excluding hydrogens is 416 g/mol. The van der Waals surface area contributed by atoms with Gasteiger partial charge in [-0.25, -0.2) is 14.3 Å². The second-order valence-corrected chi connectivity index (χ2v) is 9.20. The van der Waals surface area contributed by atoms with Crippen molar-refractivity contribution < 1.29 is 14.3 Å². The van der Waals surface area contributed by atoms with Gasteiger partial charge < -0.3 is 14.4 Å². The minimum Gasteiger partial charge on any atom is -0.473 e. The van der Waals surface area contributed by atoms with Gasteiger partial charge in [0.2, 0.25) is 5.88 Å². The lowest BCUT2D eigenvalue weighted by Gasteiger charge is -2.33. The van der Waals surface area contributed by atoms with Crippen molar-refractivity contribution in [1.82, 2.24) is 19.5 Å². The van der Waals surface area contributed by atoms with Crippen LogP contribution in [-0.2, 0) is 11.3 Å². The van der Waals surface area contributed by atoms with Crippen LogP contribution in [0.15, 0.2) is 42.7 Å². The van der Waals surface area contributed by atoms with Gasteiger partial charge in [0.05, 0.1) is 16.7 Å². The largest absolute Gasteiger partial charge is 0.473 e. The number of fused-ring (bicyclic) bond motifs is 1. The molecule has 1 saturated heterocycles. The number of rotatable bonds is 4. The fourth-order valence-corrected chi connectivity index (χ4v) is 3.85. The van der Waals surface area contributed by atoms with E-state index in [4.69, 9.17) is 26.1 Å². The van der Waals surface area contributed by atoms with Crippen molar-refractivity contribution in [3.63, 3.8) is 0 Å². The summed E-state index contributed by atoms with van der Waals surface area (Å²) in [7, 11) is 0. The van der Waals surface area contributed by atoms with Gasteiger partial charge in [0.15, 0.2) is 0 Å². The minimum absolute atomic E-state index is 0.244. The molecule has 7 nitrogen and oxygen atoms in total. The van der Waals surface area contributed by atoms with Crippen LogP contribution in [0.3, 0.4) is 0 Å². The molecule has 0 bridgehead atoms. The minimum atomic E-state index is -0.477. The molecular formula is C23H27ClN4O3. The quantitative estimate of drug-likeness (QED) is 0.563. The first-order valence-electron chi connectivity index (χ1n) is 10.5. The average molecular weight is 443 g/mol. The number of carbonyl (C=O) groups excluding carboxylic acids is 1. The third-order valence-electron chi connectivity index (χ3n) is 5.24. The maximum absolute atomic E-state index is 12.3. The van der Waals surface area contributed by atoms with E-state index < -0.39 is 5.60 Å². The SMILES string of the molecule is CC(C)(C)OC(=O)N1CCC(c2cccc(OCc3ccn4ncc(Cl)c4c3)n2)CC1. The summed E-state index contributed by atoms with van der Waals surface area (Å²) in [4.78, 5) is 18.8. The van der Waals surface area contributed by atoms with E-state index in [1.807, 2.05) is 57.3 Å². The van der Waals surface area contributed by atoms with Gasteiger partial charge in [-0.2, -0.15) is 5.10 Å². The summed E-state index contributed by atoms with van der Waals surface area (Å²) >= 11 is 6.16. The van der Waals surface area contributed by atoms with Crippen molar-refractivity contribution in [1.29, 1.82) is 0 Å². The molecule has 31 heavy (non-hydrogen) atoms. The van der Waals surface area contributed by atoms with Crippen molar-refractivity contribution >= 4 is 23.2 Å². The van der Waals surface area contributed by atoms with Crippen molar-refractivity contribution in [2.24, 2.45) is 0 Å². The molecule has 0 N–H and O–H groups in total. The van der Waals surface area contributed by atoms with Gasteiger partial charge in [0.1, 0.15) is 12.2 Å². The number of hydrogen-bond acceptors (Lipinski definition) is 5. The van der Waals surface area contributed by atoms with Gasteiger partial charge in [0.25, 0.3) is 0 Å². The van der Waals surface area contributed by atoms with E-state index in [-0.39, 0.29) is 6.09 Å².